The van der Waals surface area contributed by atoms with E-state index in [2.05, 4.69) is 20.1 Å². The molecule has 3 N–H and O–H groups in total. The van der Waals surface area contributed by atoms with Crippen molar-refractivity contribution in [1.29, 1.82) is 0 Å². The van der Waals surface area contributed by atoms with Crippen LogP contribution in [-0.2, 0) is 11.2 Å². The van der Waals surface area contributed by atoms with Crippen LogP contribution >= 0.6 is 34.4 Å². The van der Waals surface area contributed by atoms with Gasteiger partial charge in [0.2, 0.25) is 5.96 Å². The van der Waals surface area contributed by atoms with Crippen molar-refractivity contribution in [2.75, 3.05) is 56.6 Å². The summed E-state index contributed by atoms with van der Waals surface area (Å²) in [6.45, 7) is 4.81. The van der Waals surface area contributed by atoms with Gasteiger partial charge in [0.15, 0.2) is 16.3 Å². The monoisotopic (exact) mass is 533 g/mol. The maximum atomic E-state index is 13.8. The molecule has 0 amide bonds. The highest BCUT2D eigenvalue weighted by molar-refractivity contribution is 14.1. The van der Waals surface area contributed by atoms with Gasteiger partial charge in [-0.25, -0.2) is 14.4 Å². The summed E-state index contributed by atoms with van der Waals surface area (Å²) >= 11 is 3.73. The molecule has 2 unspecified atom stereocenters. The Hall–Kier alpha value is -1.18. The molecule has 2 saturated heterocycles. The molecule has 1 aromatic rings. The molecule has 2 fully saturated rings. The predicted molar refractivity (Wildman–Crippen MR) is 123 cm³/mol. The zero-order valence-corrected chi connectivity index (χ0v) is 19.0. The van der Waals surface area contributed by atoms with Crippen LogP contribution in [0.3, 0.4) is 0 Å². The van der Waals surface area contributed by atoms with E-state index in [1.54, 1.807) is 34.9 Å². The molecule has 0 saturated carbocycles. The highest BCUT2D eigenvalue weighted by Gasteiger charge is 2.29. The SMILES string of the molecule is Nc1cc(CC(F)I)c(C2=NC(N3CCSCC3)NC(N3CCOCC3)=N2)cn1. The molecular formula is C18H25FIN7OS. The number of nitrogens with one attached hydrogen (secondary N) is 1. The van der Waals surface area contributed by atoms with E-state index in [0.29, 0.717) is 24.9 Å². The number of hydrogen-bond acceptors (Lipinski definition) is 9. The van der Waals surface area contributed by atoms with Crippen LogP contribution in [0.5, 0.6) is 0 Å². The second-order valence-corrected chi connectivity index (χ2v) is 9.59. The minimum Gasteiger partial charge on any atom is -0.384 e. The summed E-state index contributed by atoms with van der Waals surface area (Å²) in [7, 11) is 0. The van der Waals surface area contributed by atoms with Crippen molar-refractivity contribution in [2.45, 2.75) is 16.9 Å². The quantitative estimate of drug-likeness (QED) is 0.446. The Morgan fingerprint density at radius 1 is 1.31 bits per heavy atom. The molecule has 29 heavy (non-hydrogen) atoms. The molecule has 11 heteroatoms. The van der Waals surface area contributed by atoms with Crippen LogP contribution < -0.4 is 11.1 Å². The third kappa shape index (κ3) is 5.30. The van der Waals surface area contributed by atoms with E-state index in [1.165, 1.54) is 0 Å². The lowest BCUT2D eigenvalue weighted by Crippen LogP contribution is -2.58. The normalized spacial score (nSPS) is 24.5. The van der Waals surface area contributed by atoms with Gasteiger partial charge < -0.3 is 20.7 Å². The third-order valence-electron chi connectivity index (χ3n) is 5.04. The van der Waals surface area contributed by atoms with Gasteiger partial charge in [-0.1, -0.05) is 0 Å². The molecular weight excluding hydrogens is 508 g/mol. The number of halogens is 2. The smallest absolute Gasteiger partial charge is 0.203 e. The number of thioether (sulfide) groups is 1. The molecule has 4 rings (SSSR count). The molecule has 3 aliphatic rings. The van der Waals surface area contributed by atoms with E-state index in [1.807, 2.05) is 11.8 Å². The average Bonchev–Trinajstić information content (AvgIpc) is 2.74. The number of pyridine rings is 1. The zero-order valence-electron chi connectivity index (χ0n) is 16.1. The van der Waals surface area contributed by atoms with Crippen LogP contribution in [0, 0.1) is 0 Å². The van der Waals surface area contributed by atoms with Crippen LogP contribution in [0.1, 0.15) is 11.1 Å². The van der Waals surface area contributed by atoms with Gasteiger partial charge in [-0.2, -0.15) is 16.8 Å². The summed E-state index contributed by atoms with van der Waals surface area (Å²) in [4.78, 5) is 18.4. The van der Waals surface area contributed by atoms with Crippen molar-refractivity contribution in [1.82, 2.24) is 20.1 Å². The van der Waals surface area contributed by atoms with Crippen molar-refractivity contribution < 1.29 is 9.13 Å². The summed E-state index contributed by atoms with van der Waals surface area (Å²) in [5.74, 6) is 3.90. The van der Waals surface area contributed by atoms with Gasteiger partial charge in [0.25, 0.3) is 0 Å². The molecule has 4 heterocycles. The summed E-state index contributed by atoms with van der Waals surface area (Å²) in [5.41, 5.74) is 7.38. The minimum absolute atomic E-state index is 0.201. The lowest BCUT2D eigenvalue weighted by molar-refractivity contribution is 0.0647. The first-order valence-electron chi connectivity index (χ1n) is 9.70. The van der Waals surface area contributed by atoms with Gasteiger partial charge in [-0.05, 0) is 34.2 Å². The van der Waals surface area contributed by atoms with Crippen LogP contribution in [0.4, 0.5) is 10.2 Å². The predicted octanol–water partition coefficient (Wildman–Crippen LogP) is 1.31. The molecule has 0 bridgehead atoms. The second kappa shape index (κ2) is 9.75. The summed E-state index contributed by atoms with van der Waals surface area (Å²) in [5, 5.41) is 3.49. The highest BCUT2D eigenvalue weighted by atomic mass is 127. The molecule has 0 aliphatic carbocycles. The van der Waals surface area contributed by atoms with Crippen molar-refractivity contribution in [3.8, 4) is 0 Å². The van der Waals surface area contributed by atoms with E-state index >= 15 is 0 Å². The van der Waals surface area contributed by atoms with Crippen LogP contribution in [0.25, 0.3) is 0 Å². The van der Waals surface area contributed by atoms with Gasteiger partial charge in [-0.15, -0.1) is 0 Å². The van der Waals surface area contributed by atoms with E-state index in [9.17, 15) is 4.39 Å². The van der Waals surface area contributed by atoms with E-state index < -0.39 is 4.18 Å². The zero-order chi connectivity index (χ0) is 20.2. The van der Waals surface area contributed by atoms with Gasteiger partial charge in [0.05, 0.1) is 13.2 Å². The Morgan fingerprint density at radius 2 is 2.07 bits per heavy atom. The fraction of sp³-hybridized carbons (Fsp3) is 0.611. The first-order chi connectivity index (χ1) is 14.1. The number of aliphatic imine (C=N–C) groups is 2. The largest absolute Gasteiger partial charge is 0.384 e. The summed E-state index contributed by atoms with van der Waals surface area (Å²) in [6.07, 6.45) is 1.70. The number of guanidine groups is 1. The molecule has 1 aromatic heterocycles. The van der Waals surface area contributed by atoms with Crippen LogP contribution in [0.15, 0.2) is 22.2 Å². The summed E-state index contributed by atoms with van der Waals surface area (Å²) < 4.78 is 18.3. The van der Waals surface area contributed by atoms with Gasteiger partial charge in [0, 0.05) is 55.9 Å². The van der Waals surface area contributed by atoms with Crippen molar-refractivity contribution in [3.63, 3.8) is 0 Å². The van der Waals surface area contributed by atoms with Crippen molar-refractivity contribution in [3.05, 3.63) is 23.4 Å². The standard InChI is InChI=1S/C18H25FIN7OS/c19-14(20)9-12-10-15(21)22-11-13(12)16-23-17(26-1-5-28-6-2-26)25-18(24-16)27-3-7-29-8-4-27/h10-11,14,18H,1-9H2,(H2,21,22)(H,23,24,25). The topological polar surface area (TPSA) is 91.4 Å². The average molecular weight is 533 g/mol. The molecule has 2 atom stereocenters. The Labute approximate surface area is 187 Å². The number of aromatic nitrogens is 1. The molecule has 3 aliphatic heterocycles. The minimum atomic E-state index is -1.02. The number of nitrogens with two attached hydrogens (primary N) is 1. The molecule has 8 nitrogen and oxygen atoms in total. The third-order valence-corrected chi connectivity index (χ3v) is 6.43. The van der Waals surface area contributed by atoms with E-state index in [-0.39, 0.29) is 12.7 Å². The molecule has 0 radical (unpaired) electrons. The van der Waals surface area contributed by atoms with E-state index in [4.69, 9.17) is 20.5 Å². The fourth-order valence-corrected chi connectivity index (χ4v) is 4.94. The Bertz CT molecular complexity index is 781. The number of ether oxygens (including phenoxy) is 1. The van der Waals surface area contributed by atoms with Gasteiger partial charge >= 0.3 is 0 Å². The first-order valence-corrected chi connectivity index (χ1v) is 12.1. The fourth-order valence-electron chi connectivity index (χ4n) is 3.54. The number of alkyl halides is 2. The second-order valence-electron chi connectivity index (χ2n) is 7.02. The lowest BCUT2D eigenvalue weighted by Gasteiger charge is -2.38. The van der Waals surface area contributed by atoms with Gasteiger partial charge in [0.1, 0.15) is 5.82 Å². The van der Waals surface area contributed by atoms with Crippen molar-refractivity contribution in [2.24, 2.45) is 9.98 Å². The maximum Gasteiger partial charge on any atom is 0.203 e. The molecule has 0 aromatic carbocycles. The summed E-state index contributed by atoms with van der Waals surface area (Å²) in [6, 6.07) is 1.72. The highest BCUT2D eigenvalue weighted by Crippen LogP contribution is 2.22. The van der Waals surface area contributed by atoms with Crippen LogP contribution in [-0.4, -0.2) is 87.9 Å². The Balaban J connectivity index is 1.69. The Kier molecular flexibility index (Phi) is 7.08. The van der Waals surface area contributed by atoms with Gasteiger partial charge in [-0.3, -0.25) is 4.90 Å². The number of nitrogens with zero attached hydrogens (tertiary/aromatic N) is 5. The number of amidine groups is 1. The lowest BCUT2D eigenvalue weighted by atomic mass is 10.1. The molecule has 158 valence electrons. The number of nitrogen functional groups attached to an aromatic ring is 1. The maximum absolute atomic E-state index is 13.8. The van der Waals surface area contributed by atoms with E-state index in [0.717, 1.165) is 54.8 Å². The number of rotatable bonds is 4. The van der Waals surface area contributed by atoms with Crippen LogP contribution in [0.2, 0.25) is 0 Å². The number of hydrogen-bond donors (Lipinski definition) is 2. The van der Waals surface area contributed by atoms with Crippen molar-refractivity contribution >= 4 is 52.0 Å². The Morgan fingerprint density at radius 3 is 2.79 bits per heavy atom. The number of anilines is 1. The number of morpholine rings is 1. The molecule has 0 spiro atoms. The first kappa shape index (κ1) is 21.1.